The van der Waals surface area contributed by atoms with Crippen molar-refractivity contribution in [2.75, 3.05) is 23.7 Å². The van der Waals surface area contributed by atoms with Crippen LogP contribution < -0.4 is 10.6 Å². The molecular formula is C12H21N3. The van der Waals surface area contributed by atoms with Gasteiger partial charge in [-0.25, -0.2) is 4.98 Å². The van der Waals surface area contributed by atoms with Crippen LogP contribution in [0.5, 0.6) is 0 Å². The lowest BCUT2D eigenvalue weighted by atomic mass is 10.1. The lowest BCUT2D eigenvalue weighted by Gasteiger charge is -2.12. The Labute approximate surface area is 92.3 Å². The Kier molecular flexibility index (Phi) is 4.95. The van der Waals surface area contributed by atoms with Crippen LogP contribution in [0, 0.1) is 5.92 Å². The van der Waals surface area contributed by atoms with Crippen molar-refractivity contribution in [1.82, 2.24) is 4.98 Å². The number of nitrogens with zero attached hydrogens (tertiary/aromatic N) is 1. The smallest absolute Gasteiger partial charge is 0.127 e. The molecule has 0 aromatic carbocycles. The zero-order valence-electron chi connectivity index (χ0n) is 9.88. The maximum absolute atomic E-state index is 4.23. The summed E-state index contributed by atoms with van der Waals surface area (Å²) in [4.78, 5) is 4.23. The van der Waals surface area contributed by atoms with E-state index >= 15 is 0 Å². The molecule has 0 fully saturated rings. The quantitative estimate of drug-likeness (QED) is 0.753. The van der Waals surface area contributed by atoms with Crippen molar-refractivity contribution in [3.8, 4) is 0 Å². The zero-order chi connectivity index (χ0) is 11.1. The Hall–Kier alpha value is -1.25. The minimum Gasteiger partial charge on any atom is -0.385 e. The Morgan fingerprint density at radius 2 is 2.13 bits per heavy atom. The molecular weight excluding hydrogens is 186 g/mol. The summed E-state index contributed by atoms with van der Waals surface area (Å²) in [5.41, 5.74) is 1.14. The third kappa shape index (κ3) is 4.19. The fraction of sp³-hybridized carbons (Fsp3) is 0.583. The summed E-state index contributed by atoms with van der Waals surface area (Å²) in [5.74, 6) is 1.65. The van der Waals surface area contributed by atoms with Crippen LogP contribution in [0.4, 0.5) is 11.5 Å². The molecule has 0 aliphatic carbocycles. The van der Waals surface area contributed by atoms with Crippen LogP contribution >= 0.6 is 0 Å². The number of rotatable bonds is 6. The van der Waals surface area contributed by atoms with E-state index in [0.717, 1.165) is 24.6 Å². The van der Waals surface area contributed by atoms with E-state index in [1.54, 1.807) is 0 Å². The molecule has 1 aromatic heterocycles. The van der Waals surface area contributed by atoms with Gasteiger partial charge in [0.05, 0.1) is 0 Å². The molecule has 0 radical (unpaired) electrons. The number of pyridine rings is 1. The van der Waals surface area contributed by atoms with Gasteiger partial charge in [0.25, 0.3) is 0 Å². The summed E-state index contributed by atoms with van der Waals surface area (Å²) in [7, 11) is 0. The van der Waals surface area contributed by atoms with Crippen molar-refractivity contribution in [2.45, 2.75) is 27.2 Å². The van der Waals surface area contributed by atoms with E-state index in [1.807, 2.05) is 18.3 Å². The van der Waals surface area contributed by atoms with Crippen LogP contribution in [0.1, 0.15) is 27.2 Å². The molecule has 15 heavy (non-hydrogen) atoms. The van der Waals surface area contributed by atoms with Gasteiger partial charge in [0.1, 0.15) is 5.82 Å². The van der Waals surface area contributed by atoms with Gasteiger partial charge in [-0.1, -0.05) is 20.3 Å². The second kappa shape index (κ2) is 6.27. The summed E-state index contributed by atoms with van der Waals surface area (Å²) < 4.78 is 0. The second-order valence-electron chi connectivity index (χ2n) is 3.85. The van der Waals surface area contributed by atoms with E-state index < -0.39 is 0 Å². The molecule has 0 saturated carbocycles. The van der Waals surface area contributed by atoms with E-state index in [1.165, 1.54) is 6.42 Å². The molecule has 1 rings (SSSR count). The predicted molar refractivity (Wildman–Crippen MR) is 66.3 cm³/mol. The highest BCUT2D eigenvalue weighted by Gasteiger charge is 1.99. The first-order chi connectivity index (χ1) is 7.26. The van der Waals surface area contributed by atoms with Gasteiger partial charge in [-0.15, -0.1) is 0 Å². The van der Waals surface area contributed by atoms with Gasteiger partial charge in [-0.2, -0.15) is 0 Å². The van der Waals surface area contributed by atoms with Crippen molar-refractivity contribution < 1.29 is 0 Å². The van der Waals surface area contributed by atoms with Gasteiger partial charge in [0.2, 0.25) is 0 Å². The van der Waals surface area contributed by atoms with E-state index in [-0.39, 0.29) is 0 Å². The number of hydrogen-bond acceptors (Lipinski definition) is 3. The van der Waals surface area contributed by atoms with Gasteiger partial charge in [-0.05, 0) is 18.9 Å². The van der Waals surface area contributed by atoms with Crippen LogP contribution in [0.2, 0.25) is 0 Å². The molecule has 1 heterocycles. The van der Waals surface area contributed by atoms with Crippen LogP contribution in [0.25, 0.3) is 0 Å². The average molecular weight is 207 g/mol. The van der Waals surface area contributed by atoms with E-state index in [0.29, 0.717) is 5.92 Å². The highest BCUT2D eigenvalue weighted by Crippen LogP contribution is 2.12. The Morgan fingerprint density at radius 1 is 1.33 bits per heavy atom. The number of aromatic nitrogens is 1. The highest BCUT2D eigenvalue weighted by atomic mass is 15.0. The molecule has 84 valence electrons. The van der Waals surface area contributed by atoms with Crippen molar-refractivity contribution >= 4 is 11.5 Å². The first-order valence-corrected chi connectivity index (χ1v) is 5.70. The van der Waals surface area contributed by atoms with Crippen molar-refractivity contribution in [3.05, 3.63) is 18.3 Å². The molecule has 2 N–H and O–H groups in total. The van der Waals surface area contributed by atoms with E-state index in [9.17, 15) is 0 Å². The molecule has 0 spiro atoms. The zero-order valence-corrected chi connectivity index (χ0v) is 9.88. The van der Waals surface area contributed by atoms with Gasteiger partial charge < -0.3 is 10.6 Å². The fourth-order valence-corrected chi connectivity index (χ4v) is 1.25. The predicted octanol–water partition coefficient (Wildman–Crippen LogP) is 2.97. The van der Waals surface area contributed by atoms with Gasteiger partial charge in [0.15, 0.2) is 0 Å². The third-order valence-corrected chi connectivity index (χ3v) is 2.47. The highest BCUT2D eigenvalue weighted by molar-refractivity contribution is 5.51. The first-order valence-electron chi connectivity index (χ1n) is 5.70. The first kappa shape index (κ1) is 11.8. The molecule has 1 atom stereocenters. The summed E-state index contributed by atoms with van der Waals surface area (Å²) in [6, 6.07) is 4.05. The molecule has 1 unspecified atom stereocenters. The van der Waals surface area contributed by atoms with Crippen molar-refractivity contribution in [2.24, 2.45) is 5.92 Å². The molecule has 3 nitrogen and oxygen atoms in total. The summed E-state index contributed by atoms with van der Waals surface area (Å²) >= 11 is 0. The SMILES string of the molecule is CCNc1cc(NCC(C)CC)ccn1. The van der Waals surface area contributed by atoms with Gasteiger partial charge in [-0.3, -0.25) is 0 Å². The number of hydrogen-bond donors (Lipinski definition) is 2. The van der Waals surface area contributed by atoms with Crippen LogP contribution in [-0.2, 0) is 0 Å². The average Bonchev–Trinajstić information content (AvgIpc) is 2.27. The lowest BCUT2D eigenvalue weighted by molar-refractivity contribution is 0.593. The molecule has 0 bridgehead atoms. The van der Waals surface area contributed by atoms with Crippen LogP contribution in [0.3, 0.4) is 0 Å². The molecule has 0 aliphatic rings. The van der Waals surface area contributed by atoms with Crippen LogP contribution in [-0.4, -0.2) is 18.1 Å². The topological polar surface area (TPSA) is 37.0 Å². The van der Waals surface area contributed by atoms with E-state index in [2.05, 4.69) is 36.4 Å². The molecule has 1 aromatic rings. The summed E-state index contributed by atoms with van der Waals surface area (Å²) in [5, 5.41) is 6.61. The normalized spacial score (nSPS) is 12.2. The summed E-state index contributed by atoms with van der Waals surface area (Å²) in [6.45, 7) is 8.46. The fourth-order valence-electron chi connectivity index (χ4n) is 1.25. The third-order valence-electron chi connectivity index (χ3n) is 2.47. The Bertz CT molecular complexity index is 286. The second-order valence-corrected chi connectivity index (χ2v) is 3.85. The molecule has 3 heteroatoms. The van der Waals surface area contributed by atoms with Gasteiger partial charge in [0, 0.05) is 31.0 Å². The van der Waals surface area contributed by atoms with Gasteiger partial charge >= 0.3 is 0 Å². The van der Waals surface area contributed by atoms with Crippen molar-refractivity contribution in [3.63, 3.8) is 0 Å². The Balaban J connectivity index is 2.50. The molecule has 0 amide bonds. The van der Waals surface area contributed by atoms with Crippen molar-refractivity contribution in [1.29, 1.82) is 0 Å². The maximum atomic E-state index is 4.23. The molecule has 0 aliphatic heterocycles. The maximum Gasteiger partial charge on any atom is 0.127 e. The van der Waals surface area contributed by atoms with E-state index in [4.69, 9.17) is 0 Å². The number of anilines is 2. The minimum atomic E-state index is 0.709. The monoisotopic (exact) mass is 207 g/mol. The Morgan fingerprint density at radius 3 is 2.80 bits per heavy atom. The largest absolute Gasteiger partial charge is 0.385 e. The lowest BCUT2D eigenvalue weighted by Crippen LogP contribution is -2.10. The van der Waals surface area contributed by atoms with Crippen LogP contribution in [0.15, 0.2) is 18.3 Å². The standard InChI is InChI=1S/C12H21N3/c1-4-10(3)9-15-11-6-7-14-12(8-11)13-5-2/h6-8,10H,4-5,9H2,1-3H3,(H2,13,14,15). The number of nitrogens with one attached hydrogen (secondary N) is 2. The summed E-state index contributed by atoms with van der Waals surface area (Å²) in [6.07, 6.45) is 3.04. The minimum absolute atomic E-state index is 0.709. The molecule has 0 saturated heterocycles.